The van der Waals surface area contributed by atoms with E-state index in [-0.39, 0.29) is 11.5 Å². The van der Waals surface area contributed by atoms with Gasteiger partial charge in [-0.3, -0.25) is 4.79 Å². The minimum Gasteiger partial charge on any atom is -0.489 e. The Balaban J connectivity index is 1.42. The molecule has 7 nitrogen and oxygen atoms in total. The van der Waals surface area contributed by atoms with Crippen molar-refractivity contribution in [3.8, 4) is 17.5 Å². The molecular formula is C32H28BrN5O2. The van der Waals surface area contributed by atoms with E-state index < -0.39 is 0 Å². The Morgan fingerprint density at radius 3 is 2.55 bits per heavy atom. The first kappa shape index (κ1) is 27.1. The van der Waals surface area contributed by atoms with Gasteiger partial charge >= 0.3 is 0 Å². The van der Waals surface area contributed by atoms with E-state index in [1.54, 1.807) is 18.3 Å². The Kier molecular flexibility index (Phi) is 7.67. The van der Waals surface area contributed by atoms with Gasteiger partial charge in [0.1, 0.15) is 18.2 Å². The SMILES string of the molecule is Cc1cc(C=Nn2c(C(C)C)nc3ccc(Br)cc3c2=O)c(C)n1-c1ccc(OCc2ccccc2C#N)cc1. The standard InChI is InChI=1S/C32H28BrN5O2/c1-20(2)31-36-30-14-9-26(33)16-29(30)32(39)38(31)35-18-25-15-21(3)37(22(25)4)27-10-12-28(13-11-27)40-19-24-8-6-5-7-23(24)17-34/h5-16,18,20H,19H2,1-4H3. The van der Waals surface area contributed by atoms with Crippen LogP contribution < -0.4 is 10.3 Å². The van der Waals surface area contributed by atoms with Crippen LogP contribution in [0.3, 0.4) is 0 Å². The van der Waals surface area contributed by atoms with Crippen molar-refractivity contribution in [3.63, 3.8) is 0 Å². The quantitative estimate of drug-likeness (QED) is 0.190. The van der Waals surface area contributed by atoms with E-state index in [2.05, 4.69) is 31.7 Å². The number of nitrogens with zero attached hydrogens (tertiary/aromatic N) is 5. The first-order valence-corrected chi connectivity index (χ1v) is 13.7. The van der Waals surface area contributed by atoms with Crippen molar-refractivity contribution in [1.82, 2.24) is 14.2 Å². The second-order valence-electron chi connectivity index (χ2n) is 9.86. The highest BCUT2D eigenvalue weighted by atomic mass is 79.9. The first-order chi connectivity index (χ1) is 19.3. The average molecular weight is 595 g/mol. The van der Waals surface area contributed by atoms with Gasteiger partial charge < -0.3 is 9.30 Å². The molecule has 0 N–H and O–H groups in total. The lowest BCUT2D eigenvalue weighted by Gasteiger charge is -2.12. The van der Waals surface area contributed by atoms with E-state index in [4.69, 9.17) is 9.72 Å². The number of halogens is 1. The van der Waals surface area contributed by atoms with Crippen molar-refractivity contribution in [3.05, 3.63) is 122 Å². The zero-order valence-corrected chi connectivity index (χ0v) is 24.3. The van der Waals surface area contributed by atoms with Crippen LogP contribution in [0.4, 0.5) is 0 Å². The number of aryl methyl sites for hydroxylation is 1. The fourth-order valence-corrected chi connectivity index (χ4v) is 5.06. The maximum atomic E-state index is 13.4. The molecule has 40 heavy (non-hydrogen) atoms. The summed E-state index contributed by atoms with van der Waals surface area (Å²) in [6.07, 6.45) is 1.72. The Labute approximate surface area is 241 Å². The van der Waals surface area contributed by atoms with Crippen LogP contribution in [-0.2, 0) is 6.61 Å². The lowest BCUT2D eigenvalue weighted by Crippen LogP contribution is -2.23. The van der Waals surface area contributed by atoms with Gasteiger partial charge in [-0.15, -0.1) is 0 Å². The third-order valence-corrected chi connectivity index (χ3v) is 7.25. The van der Waals surface area contributed by atoms with Crippen LogP contribution in [0.25, 0.3) is 16.6 Å². The van der Waals surface area contributed by atoms with Gasteiger partial charge in [0.25, 0.3) is 5.56 Å². The highest BCUT2D eigenvalue weighted by Gasteiger charge is 2.15. The summed E-state index contributed by atoms with van der Waals surface area (Å²) in [7, 11) is 0. The molecule has 0 fully saturated rings. The molecule has 0 aliphatic rings. The molecule has 0 bridgehead atoms. The van der Waals surface area contributed by atoms with Crippen LogP contribution in [-0.4, -0.2) is 20.4 Å². The van der Waals surface area contributed by atoms with Gasteiger partial charge in [-0.25, -0.2) is 4.98 Å². The van der Waals surface area contributed by atoms with E-state index in [1.165, 1.54) is 4.68 Å². The topological polar surface area (TPSA) is 85.2 Å². The molecule has 5 rings (SSSR count). The molecule has 0 radical (unpaired) electrons. The summed E-state index contributed by atoms with van der Waals surface area (Å²) in [5.74, 6) is 1.34. The molecule has 0 saturated heterocycles. The lowest BCUT2D eigenvalue weighted by atomic mass is 10.1. The minimum absolute atomic E-state index is 0.0134. The summed E-state index contributed by atoms with van der Waals surface area (Å²) >= 11 is 3.45. The number of fused-ring (bicyclic) bond motifs is 1. The maximum Gasteiger partial charge on any atom is 0.282 e. The van der Waals surface area contributed by atoms with E-state index in [0.29, 0.717) is 28.9 Å². The number of benzene rings is 3. The molecule has 0 aliphatic carbocycles. The van der Waals surface area contributed by atoms with Crippen molar-refractivity contribution in [2.75, 3.05) is 0 Å². The largest absolute Gasteiger partial charge is 0.489 e. The number of aromatic nitrogens is 3. The van der Waals surface area contributed by atoms with Crippen LogP contribution in [0.15, 0.2) is 87.2 Å². The molecule has 0 spiro atoms. The van der Waals surface area contributed by atoms with Crippen molar-refractivity contribution in [2.45, 2.75) is 40.2 Å². The van der Waals surface area contributed by atoms with Gasteiger partial charge in [-0.05, 0) is 68.4 Å². The molecule has 2 heterocycles. The smallest absolute Gasteiger partial charge is 0.282 e. The Morgan fingerprint density at radius 2 is 1.82 bits per heavy atom. The number of ether oxygens (including phenoxy) is 1. The Hall–Kier alpha value is -4.48. The van der Waals surface area contributed by atoms with Gasteiger partial charge in [0.2, 0.25) is 0 Å². The zero-order chi connectivity index (χ0) is 28.4. The van der Waals surface area contributed by atoms with Gasteiger partial charge in [-0.1, -0.05) is 48.0 Å². The van der Waals surface area contributed by atoms with Gasteiger partial charge in [0, 0.05) is 38.6 Å². The predicted molar refractivity (Wildman–Crippen MR) is 162 cm³/mol. The molecule has 3 aromatic carbocycles. The Bertz CT molecular complexity index is 1840. The molecule has 5 aromatic rings. The van der Waals surface area contributed by atoms with E-state index >= 15 is 0 Å². The second kappa shape index (κ2) is 11.3. The number of rotatable bonds is 7. The molecule has 2 aromatic heterocycles. The molecule has 0 aliphatic heterocycles. The fraction of sp³-hybridized carbons (Fsp3) is 0.188. The predicted octanol–water partition coefficient (Wildman–Crippen LogP) is 7.02. The third kappa shape index (κ3) is 5.33. The summed E-state index contributed by atoms with van der Waals surface area (Å²) in [5.41, 5.74) is 5.84. The highest BCUT2D eigenvalue weighted by Crippen LogP contribution is 2.24. The van der Waals surface area contributed by atoms with E-state index in [1.807, 2.05) is 88.4 Å². The van der Waals surface area contributed by atoms with Crippen LogP contribution in [0, 0.1) is 25.2 Å². The van der Waals surface area contributed by atoms with Gasteiger partial charge in [0.15, 0.2) is 0 Å². The normalized spacial score (nSPS) is 11.4. The molecule has 0 unspecified atom stereocenters. The summed E-state index contributed by atoms with van der Waals surface area (Å²) in [4.78, 5) is 18.1. The van der Waals surface area contributed by atoms with E-state index in [9.17, 15) is 10.1 Å². The molecule has 0 atom stereocenters. The van der Waals surface area contributed by atoms with Crippen molar-refractivity contribution in [2.24, 2.45) is 5.10 Å². The number of hydrogen-bond donors (Lipinski definition) is 0. The van der Waals surface area contributed by atoms with Gasteiger partial charge in [0.05, 0.1) is 28.8 Å². The van der Waals surface area contributed by atoms with Crippen LogP contribution >= 0.6 is 15.9 Å². The molecule has 0 amide bonds. The minimum atomic E-state index is -0.201. The first-order valence-electron chi connectivity index (χ1n) is 12.9. The van der Waals surface area contributed by atoms with Crippen molar-refractivity contribution >= 4 is 33.0 Å². The average Bonchev–Trinajstić information content (AvgIpc) is 3.24. The summed E-state index contributed by atoms with van der Waals surface area (Å²) < 4.78 is 10.3. The van der Waals surface area contributed by atoms with Crippen LogP contribution in [0.5, 0.6) is 5.75 Å². The molecule has 200 valence electrons. The lowest BCUT2D eigenvalue weighted by molar-refractivity contribution is 0.306. The second-order valence-corrected chi connectivity index (χ2v) is 10.8. The fourth-order valence-electron chi connectivity index (χ4n) is 4.69. The summed E-state index contributed by atoms with van der Waals surface area (Å²) in [5, 5.41) is 14.4. The van der Waals surface area contributed by atoms with Crippen LogP contribution in [0.1, 0.15) is 53.7 Å². The number of nitriles is 1. The highest BCUT2D eigenvalue weighted by molar-refractivity contribution is 9.10. The molecule has 0 saturated carbocycles. The monoisotopic (exact) mass is 593 g/mol. The van der Waals surface area contributed by atoms with Gasteiger partial charge in [-0.2, -0.15) is 15.0 Å². The Morgan fingerprint density at radius 1 is 1.07 bits per heavy atom. The van der Waals surface area contributed by atoms with E-state index in [0.717, 1.165) is 38.4 Å². The molecular weight excluding hydrogens is 566 g/mol. The zero-order valence-electron chi connectivity index (χ0n) is 22.7. The maximum absolute atomic E-state index is 13.4. The van der Waals surface area contributed by atoms with Crippen LogP contribution in [0.2, 0.25) is 0 Å². The number of hydrogen-bond acceptors (Lipinski definition) is 5. The third-order valence-electron chi connectivity index (χ3n) is 6.76. The summed E-state index contributed by atoms with van der Waals surface area (Å²) in [6.45, 7) is 8.39. The van der Waals surface area contributed by atoms with Crippen molar-refractivity contribution in [1.29, 1.82) is 5.26 Å². The van der Waals surface area contributed by atoms with Crippen molar-refractivity contribution < 1.29 is 4.74 Å². The summed E-state index contributed by atoms with van der Waals surface area (Å²) in [6, 6.07) is 25.0. The molecule has 8 heteroatoms.